The molecule has 1 aromatic rings. The lowest BCUT2D eigenvalue weighted by molar-refractivity contribution is 0.537. The van der Waals surface area contributed by atoms with Gasteiger partial charge in [-0.3, -0.25) is 0 Å². The highest BCUT2D eigenvalue weighted by Gasteiger charge is 2.17. The van der Waals surface area contributed by atoms with Crippen molar-refractivity contribution in [3.8, 4) is 0 Å². The molecule has 1 rings (SSSR count). The Morgan fingerprint density at radius 1 is 1.50 bits per heavy atom. The van der Waals surface area contributed by atoms with Gasteiger partial charge < -0.3 is 5.32 Å². The zero-order valence-electron chi connectivity index (χ0n) is 8.13. The van der Waals surface area contributed by atoms with E-state index in [0.29, 0.717) is 6.67 Å². The third kappa shape index (κ3) is 2.04. The summed E-state index contributed by atoms with van der Waals surface area (Å²) in [7, 11) is 1.89. The van der Waals surface area contributed by atoms with Crippen LogP contribution in [-0.4, -0.2) is 22.0 Å². The van der Waals surface area contributed by atoms with Crippen molar-refractivity contribution in [3.63, 3.8) is 0 Å². The molecule has 68 valence electrons. The maximum Gasteiger partial charge on any atom is 0.0919 e. The first-order valence-corrected chi connectivity index (χ1v) is 4.09. The molecule has 0 unspecified atom stereocenters. The number of hydrogen-bond donors (Lipinski definition) is 1. The van der Waals surface area contributed by atoms with Gasteiger partial charge in [-0.15, -0.1) is 5.10 Å². The van der Waals surface area contributed by atoms with E-state index in [-0.39, 0.29) is 5.41 Å². The van der Waals surface area contributed by atoms with Crippen LogP contribution in [0.15, 0.2) is 6.20 Å². The molecule has 1 heterocycles. The Morgan fingerprint density at radius 3 is 2.58 bits per heavy atom. The van der Waals surface area contributed by atoms with Gasteiger partial charge in [0, 0.05) is 5.41 Å². The largest absolute Gasteiger partial charge is 0.301 e. The molecule has 4 heteroatoms. The summed E-state index contributed by atoms with van der Waals surface area (Å²) in [6, 6.07) is 0. The van der Waals surface area contributed by atoms with Crippen LogP contribution in [-0.2, 0) is 12.1 Å². The van der Waals surface area contributed by atoms with E-state index in [1.165, 1.54) is 0 Å². The third-order valence-electron chi connectivity index (χ3n) is 1.63. The van der Waals surface area contributed by atoms with Gasteiger partial charge >= 0.3 is 0 Å². The molecule has 0 aromatic carbocycles. The molecule has 0 fully saturated rings. The summed E-state index contributed by atoms with van der Waals surface area (Å²) < 4.78 is 1.79. The lowest BCUT2D eigenvalue weighted by atomic mass is 9.93. The van der Waals surface area contributed by atoms with Crippen LogP contribution in [0.25, 0.3) is 0 Å². The van der Waals surface area contributed by atoms with Crippen molar-refractivity contribution >= 4 is 0 Å². The van der Waals surface area contributed by atoms with Crippen LogP contribution in [0.2, 0.25) is 0 Å². The lowest BCUT2D eigenvalue weighted by Gasteiger charge is -2.12. The minimum atomic E-state index is 0.0893. The molecule has 0 spiro atoms. The fraction of sp³-hybridized carbons (Fsp3) is 0.750. The average Bonchev–Trinajstić information content (AvgIpc) is 2.35. The molecule has 0 atom stereocenters. The van der Waals surface area contributed by atoms with Crippen molar-refractivity contribution in [1.82, 2.24) is 20.3 Å². The normalized spacial score (nSPS) is 12.0. The van der Waals surface area contributed by atoms with Gasteiger partial charge in [-0.2, -0.15) is 0 Å². The summed E-state index contributed by atoms with van der Waals surface area (Å²) in [4.78, 5) is 0. The first-order chi connectivity index (χ1) is 5.54. The predicted octanol–water partition coefficient (Wildman–Crippen LogP) is 0.752. The Morgan fingerprint density at radius 2 is 2.17 bits per heavy atom. The Kier molecular flexibility index (Phi) is 2.47. The van der Waals surface area contributed by atoms with Crippen molar-refractivity contribution < 1.29 is 0 Å². The topological polar surface area (TPSA) is 42.7 Å². The molecule has 4 nitrogen and oxygen atoms in total. The van der Waals surface area contributed by atoms with E-state index < -0.39 is 0 Å². The van der Waals surface area contributed by atoms with Crippen molar-refractivity contribution in [2.75, 3.05) is 7.05 Å². The molecular formula is C8H16N4. The third-order valence-corrected chi connectivity index (χ3v) is 1.63. The summed E-state index contributed by atoms with van der Waals surface area (Å²) in [6.45, 7) is 7.09. The van der Waals surface area contributed by atoms with Gasteiger partial charge in [0.15, 0.2) is 0 Å². The van der Waals surface area contributed by atoms with Gasteiger partial charge in [-0.05, 0) is 7.05 Å². The van der Waals surface area contributed by atoms with Gasteiger partial charge in [0.05, 0.1) is 18.6 Å². The van der Waals surface area contributed by atoms with Crippen LogP contribution in [0.5, 0.6) is 0 Å². The lowest BCUT2D eigenvalue weighted by Crippen LogP contribution is -2.14. The van der Waals surface area contributed by atoms with E-state index in [2.05, 4.69) is 36.4 Å². The minimum Gasteiger partial charge on any atom is -0.301 e. The monoisotopic (exact) mass is 168 g/mol. The highest BCUT2D eigenvalue weighted by atomic mass is 15.4. The molecule has 1 aromatic heterocycles. The van der Waals surface area contributed by atoms with Crippen molar-refractivity contribution in [3.05, 3.63) is 11.9 Å². The number of aromatic nitrogens is 3. The Bertz CT molecular complexity index is 246. The zero-order valence-corrected chi connectivity index (χ0v) is 8.13. The molecule has 0 aliphatic carbocycles. The summed E-state index contributed by atoms with van der Waals surface area (Å²) in [5.74, 6) is 0. The van der Waals surface area contributed by atoms with Crippen LogP contribution in [0.1, 0.15) is 26.5 Å². The first-order valence-electron chi connectivity index (χ1n) is 4.09. The number of hydrogen-bond acceptors (Lipinski definition) is 3. The number of nitrogens with one attached hydrogen (secondary N) is 1. The maximum atomic E-state index is 4.08. The Hall–Kier alpha value is -0.900. The fourth-order valence-corrected chi connectivity index (χ4v) is 0.881. The molecule has 0 aliphatic heterocycles. The number of nitrogens with zero attached hydrogens (tertiary/aromatic N) is 3. The van der Waals surface area contributed by atoms with E-state index in [1.54, 1.807) is 4.68 Å². The van der Waals surface area contributed by atoms with E-state index in [0.717, 1.165) is 5.69 Å². The van der Waals surface area contributed by atoms with Crippen molar-refractivity contribution in [2.24, 2.45) is 0 Å². The molecule has 0 saturated heterocycles. The van der Waals surface area contributed by atoms with Crippen LogP contribution in [0.4, 0.5) is 0 Å². The van der Waals surface area contributed by atoms with Crippen LogP contribution in [0, 0.1) is 0 Å². The van der Waals surface area contributed by atoms with Gasteiger partial charge in [0.1, 0.15) is 0 Å². The minimum absolute atomic E-state index is 0.0893. The Balaban J connectivity index is 2.77. The maximum absolute atomic E-state index is 4.08. The smallest absolute Gasteiger partial charge is 0.0919 e. The van der Waals surface area contributed by atoms with Gasteiger partial charge in [0.2, 0.25) is 0 Å². The number of rotatable bonds is 2. The molecule has 12 heavy (non-hydrogen) atoms. The fourth-order valence-electron chi connectivity index (χ4n) is 0.881. The zero-order chi connectivity index (χ0) is 9.19. The van der Waals surface area contributed by atoms with Gasteiger partial charge in [0.25, 0.3) is 0 Å². The summed E-state index contributed by atoms with van der Waals surface area (Å²) in [6.07, 6.45) is 1.97. The average molecular weight is 168 g/mol. The molecule has 0 radical (unpaired) electrons. The molecule has 0 bridgehead atoms. The molecule has 1 N–H and O–H groups in total. The second kappa shape index (κ2) is 3.23. The summed E-state index contributed by atoms with van der Waals surface area (Å²) in [5.41, 5.74) is 1.11. The Labute approximate surface area is 73.0 Å². The highest BCUT2D eigenvalue weighted by molar-refractivity contribution is 5.06. The van der Waals surface area contributed by atoms with E-state index >= 15 is 0 Å². The highest BCUT2D eigenvalue weighted by Crippen LogP contribution is 2.18. The van der Waals surface area contributed by atoms with Gasteiger partial charge in [-0.1, -0.05) is 26.0 Å². The molecular weight excluding hydrogens is 152 g/mol. The predicted molar refractivity (Wildman–Crippen MR) is 47.8 cm³/mol. The first kappa shape index (κ1) is 9.19. The second-order valence-electron chi connectivity index (χ2n) is 3.90. The summed E-state index contributed by atoms with van der Waals surface area (Å²) >= 11 is 0. The molecule has 0 saturated carbocycles. The SMILES string of the molecule is CNCn1cc(C(C)(C)C)nn1. The summed E-state index contributed by atoms with van der Waals surface area (Å²) in [5, 5.41) is 11.1. The molecule has 0 amide bonds. The van der Waals surface area contributed by atoms with Crippen LogP contribution in [0.3, 0.4) is 0 Å². The quantitative estimate of drug-likeness (QED) is 0.708. The van der Waals surface area contributed by atoms with E-state index in [1.807, 2.05) is 13.2 Å². The van der Waals surface area contributed by atoms with Gasteiger partial charge in [-0.25, -0.2) is 4.68 Å². The van der Waals surface area contributed by atoms with E-state index in [9.17, 15) is 0 Å². The van der Waals surface area contributed by atoms with Crippen molar-refractivity contribution in [2.45, 2.75) is 32.9 Å². The standard InChI is InChI=1S/C8H16N4/c1-8(2,3)7-5-12(6-9-4)11-10-7/h5,9H,6H2,1-4H3. The van der Waals surface area contributed by atoms with Crippen LogP contribution >= 0.6 is 0 Å². The second-order valence-corrected chi connectivity index (χ2v) is 3.90. The van der Waals surface area contributed by atoms with Crippen LogP contribution < -0.4 is 5.32 Å². The molecule has 0 aliphatic rings. The van der Waals surface area contributed by atoms with Crippen molar-refractivity contribution in [1.29, 1.82) is 0 Å². The van der Waals surface area contributed by atoms with E-state index in [4.69, 9.17) is 0 Å².